The van der Waals surface area contributed by atoms with Gasteiger partial charge in [0, 0.05) is 38.4 Å². The van der Waals surface area contributed by atoms with Crippen LogP contribution in [0.15, 0.2) is 41.0 Å². The fraction of sp³-hybridized carbons (Fsp3) is 0.368. The molecule has 134 valence electrons. The minimum atomic E-state index is 0.0124. The van der Waals surface area contributed by atoms with Crippen molar-refractivity contribution in [1.29, 1.82) is 0 Å². The topological polar surface area (TPSA) is 75.4 Å². The van der Waals surface area contributed by atoms with Crippen LogP contribution in [-0.4, -0.2) is 57.2 Å². The summed E-state index contributed by atoms with van der Waals surface area (Å²) in [6, 6.07) is 11.5. The summed E-state index contributed by atoms with van der Waals surface area (Å²) in [6.45, 7) is 5.88. The van der Waals surface area contributed by atoms with E-state index in [9.17, 15) is 4.79 Å². The molecular formula is C19H21N5O2. The lowest BCUT2D eigenvalue weighted by molar-refractivity contribution is 0.0755. The summed E-state index contributed by atoms with van der Waals surface area (Å²) < 4.78 is 4.85. The Balaban J connectivity index is 1.43. The van der Waals surface area contributed by atoms with Gasteiger partial charge in [0.2, 0.25) is 0 Å². The Morgan fingerprint density at radius 3 is 2.85 bits per heavy atom. The van der Waals surface area contributed by atoms with Gasteiger partial charge in [0.25, 0.3) is 5.91 Å². The van der Waals surface area contributed by atoms with Gasteiger partial charge in [-0.25, -0.2) is 9.61 Å². The van der Waals surface area contributed by atoms with Crippen LogP contribution in [0.25, 0.3) is 11.0 Å². The Morgan fingerprint density at radius 1 is 1.08 bits per heavy atom. The Hall–Kier alpha value is -2.80. The highest BCUT2D eigenvalue weighted by Crippen LogP contribution is 2.18. The van der Waals surface area contributed by atoms with E-state index in [1.165, 1.54) is 0 Å². The Kier molecular flexibility index (Phi) is 4.62. The number of pyridine rings is 1. The number of hydrogen-bond acceptors (Lipinski definition) is 6. The third-order valence-corrected chi connectivity index (χ3v) is 4.75. The number of aryl methyl sites for hydroxylation is 1. The number of rotatable bonds is 3. The van der Waals surface area contributed by atoms with Gasteiger partial charge in [-0.2, -0.15) is 0 Å². The number of carbonyl (C=O) groups excluding carboxylic acids is 1. The molecule has 26 heavy (non-hydrogen) atoms. The maximum atomic E-state index is 12.7. The van der Waals surface area contributed by atoms with Crippen LogP contribution >= 0.6 is 0 Å². The summed E-state index contributed by atoms with van der Waals surface area (Å²) in [7, 11) is 0. The first kappa shape index (κ1) is 16.7. The highest BCUT2D eigenvalue weighted by Gasteiger charge is 2.22. The van der Waals surface area contributed by atoms with Crippen molar-refractivity contribution in [1.82, 2.24) is 25.1 Å². The molecule has 0 unspecified atom stereocenters. The van der Waals surface area contributed by atoms with E-state index >= 15 is 0 Å². The molecule has 1 aliphatic rings. The Bertz CT molecular complexity index is 923. The van der Waals surface area contributed by atoms with Gasteiger partial charge in [-0.3, -0.25) is 9.69 Å². The number of aromatic nitrogens is 3. The second-order valence-electron chi connectivity index (χ2n) is 6.64. The molecule has 7 heteroatoms. The third-order valence-electron chi connectivity index (χ3n) is 4.75. The molecule has 0 bridgehead atoms. The standard InChI is InChI=1S/C19H21N5O2/c1-14-5-2-8-17(20-14)19(25)24-10-4-9-23(11-12-24)13-15-6-3-7-16-18(15)22-26-21-16/h2-3,5-8H,4,9-13H2,1H3. The molecule has 0 spiro atoms. The molecule has 3 heterocycles. The van der Waals surface area contributed by atoms with Crippen molar-refractivity contribution in [2.24, 2.45) is 0 Å². The van der Waals surface area contributed by atoms with Crippen LogP contribution in [0, 0.1) is 6.92 Å². The summed E-state index contributed by atoms with van der Waals surface area (Å²) >= 11 is 0. The van der Waals surface area contributed by atoms with E-state index in [4.69, 9.17) is 4.63 Å². The zero-order valence-corrected chi connectivity index (χ0v) is 14.8. The predicted octanol–water partition coefficient (Wildman–Crippen LogP) is 2.27. The lowest BCUT2D eigenvalue weighted by Gasteiger charge is -2.22. The van der Waals surface area contributed by atoms with Crippen molar-refractivity contribution >= 4 is 16.9 Å². The Labute approximate surface area is 151 Å². The summed E-state index contributed by atoms with van der Waals surface area (Å²) in [4.78, 5) is 21.3. The molecule has 1 saturated heterocycles. The summed E-state index contributed by atoms with van der Waals surface area (Å²) in [6.07, 6.45) is 0.935. The maximum absolute atomic E-state index is 12.7. The van der Waals surface area contributed by atoms with Gasteiger partial charge in [-0.05, 0) is 47.4 Å². The molecule has 1 amide bonds. The molecule has 1 fully saturated rings. The SMILES string of the molecule is Cc1cccc(C(=O)N2CCCN(Cc3cccc4nonc34)CC2)n1. The van der Waals surface area contributed by atoms with Crippen LogP contribution < -0.4 is 0 Å². The molecule has 0 saturated carbocycles. The van der Waals surface area contributed by atoms with Gasteiger partial charge < -0.3 is 4.90 Å². The van der Waals surface area contributed by atoms with Crippen LogP contribution in [0.5, 0.6) is 0 Å². The van der Waals surface area contributed by atoms with Crippen molar-refractivity contribution < 1.29 is 9.42 Å². The fourth-order valence-corrected chi connectivity index (χ4v) is 3.39. The molecular weight excluding hydrogens is 330 g/mol. The van der Waals surface area contributed by atoms with Crippen LogP contribution in [-0.2, 0) is 6.54 Å². The quantitative estimate of drug-likeness (QED) is 0.721. The summed E-state index contributed by atoms with van der Waals surface area (Å²) in [5, 5.41) is 7.92. The number of benzene rings is 1. The van der Waals surface area contributed by atoms with Crippen molar-refractivity contribution in [3.63, 3.8) is 0 Å². The first-order valence-electron chi connectivity index (χ1n) is 8.86. The second kappa shape index (κ2) is 7.21. The Morgan fingerprint density at radius 2 is 1.96 bits per heavy atom. The molecule has 0 N–H and O–H groups in total. The van der Waals surface area contributed by atoms with E-state index in [0.717, 1.165) is 54.9 Å². The van der Waals surface area contributed by atoms with Gasteiger partial charge in [-0.1, -0.05) is 18.2 Å². The summed E-state index contributed by atoms with van der Waals surface area (Å²) in [5.74, 6) is 0.0124. The van der Waals surface area contributed by atoms with Crippen molar-refractivity contribution in [3.05, 3.63) is 53.3 Å². The van der Waals surface area contributed by atoms with Gasteiger partial charge in [0.05, 0.1) is 0 Å². The molecule has 0 radical (unpaired) electrons. The van der Waals surface area contributed by atoms with Crippen molar-refractivity contribution in [3.8, 4) is 0 Å². The minimum absolute atomic E-state index is 0.0124. The zero-order chi connectivity index (χ0) is 17.9. The molecule has 2 aromatic heterocycles. The molecule has 0 atom stereocenters. The van der Waals surface area contributed by atoms with E-state index in [2.05, 4.69) is 26.3 Å². The minimum Gasteiger partial charge on any atom is -0.336 e. The number of nitrogens with zero attached hydrogens (tertiary/aromatic N) is 5. The lowest BCUT2D eigenvalue weighted by atomic mass is 10.1. The molecule has 1 aliphatic heterocycles. The first-order valence-corrected chi connectivity index (χ1v) is 8.86. The zero-order valence-electron chi connectivity index (χ0n) is 14.8. The number of fused-ring (bicyclic) bond motifs is 1. The second-order valence-corrected chi connectivity index (χ2v) is 6.64. The van der Waals surface area contributed by atoms with Crippen molar-refractivity contribution in [2.75, 3.05) is 26.2 Å². The smallest absolute Gasteiger partial charge is 0.272 e. The van der Waals surface area contributed by atoms with Gasteiger partial charge >= 0.3 is 0 Å². The molecule has 1 aromatic carbocycles. The van der Waals surface area contributed by atoms with E-state index in [1.54, 1.807) is 6.07 Å². The largest absolute Gasteiger partial charge is 0.336 e. The molecule has 4 rings (SSSR count). The van der Waals surface area contributed by atoms with Crippen LogP contribution in [0.2, 0.25) is 0 Å². The maximum Gasteiger partial charge on any atom is 0.272 e. The molecule has 0 aliphatic carbocycles. The van der Waals surface area contributed by atoms with E-state index < -0.39 is 0 Å². The average Bonchev–Trinajstić information content (AvgIpc) is 3.02. The third kappa shape index (κ3) is 3.43. The van der Waals surface area contributed by atoms with E-state index in [0.29, 0.717) is 12.2 Å². The van der Waals surface area contributed by atoms with E-state index in [-0.39, 0.29) is 5.91 Å². The normalized spacial score (nSPS) is 16.0. The van der Waals surface area contributed by atoms with Crippen LogP contribution in [0.4, 0.5) is 0 Å². The van der Waals surface area contributed by atoms with Gasteiger partial charge in [0.15, 0.2) is 0 Å². The van der Waals surface area contributed by atoms with E-state index in [1.807, 2.05) is 36.1 Å². The highest BCUT2D eigenvalue weighted by atomic mass is 16.6. The van der Waals surface area contributed by atoms with Crippen molar-refractivity contribution in [2.45, 2.75) is 19.9 Å². The molecule has 7 nitrogen and oxygen atoms in total. The monoisotopic (exact) mass is 351 g/mol. The van der Waals surface area contributed by atoms with Gasteiger partial charge in [0.1, 0.15) is 16.7 Å². The highest BCUT2D eigenvalue weighted by molar-refractivity contribution is 5.92. The predicted molar refractivity (Wildman–Crippen MR) is 96.6 cm³/mol. The van der Waals surface area contributed by atoms with Crippen LogP contribution in [0.3, 0.4) is 0 Å². The number of hydrogen-bond donors (Lipinski definition) is 0. The number of carbonyl (C=O) groups is 1. The fourth-order valence-electron chi connectivity index (χ4n) is 3.39. The lowest BCUT2D eigenvalue weighted by Crippen LogP contribution is -2.35. The van der Waals surface area contributed by atoms with Crippen LogP contribution in [0.1, 0.15) is 28.2 Å². The number of amides is 1. The molecule has 3 aromatic rings. The first-order chi connectivity index (χ1) is 12.7. The summed E-state index contributed by atoms with van der Waals surface area (Å²) in [5.41, 5.74) is 4.08. The average molecular weight is 351 g/mol. The van der Waals surface area contributed by atoms with Gasteiger partial charge in [-0.15, -0.1) is 0 Å².